The van der Waals surface area contributed by atoms with Gasteiger partial charge >= 0.3 is 0 Å². The van der Waals surface area contributed by atoms with Crippen LogP contribution >= 0.6 is 0 Å². The fourth-order valence-electron chi connectivity index (χ4n) is 1.27. The standard InChI is InChI=1S/C6H12OSi/c7-8-6-4-2-1-3-5-6/h6,8H,1-5H2. The molecule has 1 fully saturated rings. The van der Waals surface area contributed by atoms with Crippen molar-refractivity contribution in [2.75, 3.05) is 0 Å². The molecule has 0 N–H and O–H groups in total. The largest absolute Gasteiger partial charge is 0.392 e. The summed E-state index contributed by atoms with van der Waals surface area (Å²) in [7, 11) is -0.462. The minimum Gasteiger partial charge on any atom is -0.392 e. The van der Waals surface area contributed by atoms with Crippen LogP contribution in [0.1, 0.15) is 32.1 Å². The highest BCUT2D eigenvalue weighted by molar-refractivity contribution is 6.19. The number of rotatable bonds is 1. The molecule has 1 rings (SSSR count). The molecule has 0 spiro atoms. The van der Waals surface area contributed by atoms with Gasteiger partial charge in [0.05, 0.1) is 0 Å². The van der Waals surface area contributed by atoms with E-state index in [9.17, 15) is 4.46 Å². The van der Waals surface area contributed by atoms with Gasteiger partial charge in [-0.25, -0.2) is 0 Å². The van der Waals surface area contributed by atoms with Crippen molar-refractivity contribution in [1.82, 2.24) is 0 Å². The molecule has 46 valence electrons. The van der Waals surface area contributed by atoms with Crippen LogP contribution in [0.4, 0.5) is 0 Å². The second-order valence-corrected chi connectivity index (χ2v) is 3.75. The first kappa shape index (κ1) is 6.14. The Balaban J connectivity index is 2.22. The van der Waals surface area contributed by atoms with Gasteiger partial charge in [-0.05, 0) is 12.8 Å². The van der Waals surface area contributed by atoms with Crippen molar-refractivity contribution in [1.29, 1.82) is 0 Å². The summed E-state index contributed by atoms with van der Waals surface area (Å²) in [5.41, 5.74) is 0.615. The highest BCUT2D eigenvalue weighted by Crippen LogP contribution is 2.25. The smallest absolute Gasteiger partial charge is 0.264 e. The fourth-order valence-corrected chi connectivity index (χ4v) is 2.01. The maximum absolute atomic E-state index is 10.4. The molecule has 0 unspecified atom stereocenters. The molecule has 0 radical (unpaired) electrons. The van der Waals surface area contributed by atoms with Crippen molar-refractivity contribution in [3.63, 3.8) is 0 Å². The average Bonchev–Trinajstić information content (AvgIpc) is 1.90. The van der Waals surface area contributed by atoms with Crippen LogP contribution in [0.2, 0.25) is 5.54 Å². The molecule has 0 amide bonds. The van der Waals surface area contributed by atoms with Crippen molar-refractivity contribution in [3.05, 3.63) is 0 Å². The Hall–Kier alpha value is 0.0169. The lowest BCUT2D eigenvalue weighted by Gasteiger charge is -2.14. The van der Waals surface area contributed by atoms with Crippen LogP contribution in [0.5, 0.6) is 0 Å². The molecule has 0 aromatic carbocycles. The zero-order chi connectivity index (χ0) is 5.82. The first-order valence-electron chi connectivity index (χ1n) is 3.39. The predicted molar refractivity (Wildman–Crippen MR) is 34.7 cm³/mol. The Morgan fingerprint density at radius 2 is 1.75 bits per heavy atom. The first-order valence-corrected chi connectivity index (χ1v) is 4.52. The number of hydrogen-bond acceptors (Lipinski definition) is 1. The molecule has 2 heteroatoms. The second kappa shape index (κ2) is 3.12. The van der Waals surface area contributed by atoms with Crippen molar-refractivity contribution >= 4 is 9.41 Å². The third-order valence-corrected chi connectivity index (χ3v) is 2.89. The van der Waals surface area contributed by atoms with Gasteiger partial charge in [-0.1, -0.05) is 19.3 Å². The molecule has 0 aromatic rings. The normalized spacial score (nSPS) is 23.0. The zero-order valence-electron chi connectivity index (χ0n) is 5.10. The van der Waals surface area contributed by atoms with Crippen LogP contribution in [0, 0.1) is 0 Å². The lowest BCUT2D eigenvalue weighted by atomic mass is 10.0. The van der Waals surface area contributed by atoms with Crippen LogP contribution in [-0.2, 0) is 4.46 Å². The van der Waals surface area contributed by atoms with Gasteiger partial charge in [0.1, 0.15) is 0 Å². The fraction of sp³-hybridized carbons (Fsp3) is 1.00. The molecular formula is C6H12OSi. The molecule has 1 nitrogen and oxygen atoms in total. The van der Waals surface area contributed by atoms with Crippen molar-refractivity contribution < 1.29 is 4.46 Å². The summed E-state index contributed by atoms with van der Waals surface area (Å²) in [5.74, 6) is 0. The lowest BCUT2D eigenvalue weighted by Crippen LogP contribution is -2.01. The Morgan fingerprint density at radius 3 is 2.12 bits per heavy atom. The molecular weight excluding hydrogens is 116 g/mol. The molecule has 8 heavy (non-hydrogen) atoms. The monoisotopic (exact) mass is 128 g/mol. The SMILES string of the molecule is O=[SiH]C1CCCCC1. The third kappa shape index (κ3) is 1.51. The van der Waals surface area contributed by atoms with E-state index in [1.54, 1.807) is 0 Å². The number of hydrogen-bond donors (Lipinski definition) is 0. The van der Waals surface area contributed by atoms with E-state index in [0.29, 0.717) is 5.54 Å². The van der Waals surface area contributed by atoms with Crippen LogP contribution in [0.15, 0.2) is 0 Å². The van der Waals surface area contributed by atoms with Crippen molar-refractivity contribution in [2.45, 2.75) is 37.6 Å². The van der Waals surface area contributed by atoms with E-state index < -0.39 is 9.41 Å². The van der Waals surface area contributed by atoms with E-state index in [1.807, 2.05) is 0 Å². The van der Waals surface area contributed by atoms with Crippen molar-refractivity contribution in [2.24, 2.45) is 0 Å². The van der Waals surface area contributed by atoms with E-state index in [2.05, 4.69) is 0 Å². The maximum atomic E-state index is 10.4. The summed E-state index contributed by atoms with van der Waals surface area (Å²) in [6, 6.07) is 0. The average molecular weight is 128 g/mol. The minimum atomic E-state index is -0.462. The van der Waals surface area contributed by atoms with Gasteiger partial charge in [0, 0.05) is 5.54 Å². The molecule has 0 atom stereocenters. The van der Waals surface area contributed by atoms with Crippen LogP contribution < -0.4 is 0 Å². The topological polar surface area (TPSA) is 17.1 Å². The summed E-state index contributed by atoms with van der Waals surface area (Å²) in [5, 5.41) is 0. The Labute approximate surface area is 52.4 Å². The highest BCUT2D eigenvalue weighted by atomic mass is 28.2. The molecule has 0 heterocycles. The van der Waals surface area contributed by atoms with Gasteiger partial charge in [0.2, 0.25) is 0 Å². The molecule has 1 saturated carbocycles. The third-order valence-electron chi connectivity index (χ3n) is 1.84. The Bertz CT molecular complexity index is 76.6. The van der Waals surface area contributed by atoms with E-state index in [1.165, 1.54) is 32.1 Å². The molecule has 1 aliphatic rings. The quantitative estimate of drug-likeness (QED) is 0.489. The first-order chi connectivity index (χ1) is 3.93. The van der Waals surface area contributed by atoms with E-state index in [-0.39, 0.29) is 0 Å². The second-order valence-electron chi connectivity index (χ2n) is 2.53. The zero-order valence-corrected chi connectivity index (χ0v) is 6.25. The molecule has 1 aliphatic carbocycles. The van der Waals surface area contributed by atoms with E-state index in [0.717, 1.165) is 0 Å². The summed E-state index contributed by atoms with van der Waals surface area (Å²) in [4.78, 5) is 0. The lowest BCUT2D eigenvalue weighted by molar-refractivity contribution is 0.476. The van der Waals surface area contributed by atoms with Gasteiger partial charge < -0.3 is 4.46 Å². The summed E-state index contributed by atoms with van der Waals surface area (Å²) in [6.45, 7) is 0. The van der Waals surface area contributed by atoms with Crippen LogP contribution in [-0.4, -0.2) is 9.41 Å². The van der Waals surface area contributed by atoms with Gasteiger partial charge in [-0.2, -0.15) is 0 Å². The Morgan fingerprint density at radius 1 is 1.12 bits per heavy atom. The van der Waals surface area contributed by atoms with Crippen LogP contribution in [0.3, 0.4) is 0 Å². The predicted octanol–water partition coefficient (Wildman–Crippen LogP) is 1.52. The van der Waals surface area contributed by atoms with Gasteiger partial charge in [-0.15, -0.1) is 0 Å². The van der Waals surface area contributed by atoms with Crippen molar-refractivity contribution in [3.8, 4) is 0 Å². The molecule has 0 aliphatic heterocycles. The summed E-state index contributed by atoms with van der Waals surface area (Å²) >= 11 is 0. The molecule has 0 bridgehead atoms. The molecule has 0 aromatic heterocycles. The van der Waals surface area contributed by atoms with Gasteiger partial charge in [0.15, 0.2) is 0 Å². The maximum Gasteiger partial charge on any atom is 0.264 e. The van der Waals surface area contributed by atoms with Crippen LogP contribution in [0.25, 0.3) is 0 Å². The van der Waals surface area contributed by atoms with Gasteiger partial charge in [-0.3, -0.25) is 0 Å². The summed E-state index contributed by atoms with van der Waals surface area (Å²) < 4.78 is 10.4. The van der Waals surface area contributed by atoms with E-state index >= 15 is 0 Å². The van der Waals surface area contributed by atoms with Gasteiger partial charge in [0.25, 0.3) is 9.41 Å². The highest BCUT2D eigenvalue weighted by Gasteiger charge is 2.11. The van der Waals surface area contributed by atoms with E-state index in [4.69, 9.17) is 0 Å². The molecule has 0 saturated heterocycles. The summed E-state index contributed by atoms with van der Waals surface area (Å²) in [6.07, 6.45) is 6.48. The Kier molecular flexibility index (Phi) is 2.40. The minimum absolute atomic E-state index is 0.462.